The minimum atomic E-state index is -0.199. The van der Waals surface area contributed by atoms with Crippen LogP contribution >= 0.6 is 0 Å². The molecule has 1 nitrogen and oxygen atoms in total. The summed E-state index contributed by atoms with van der Waals surface area (Å²) in [6, 6.07) is 7.84. The van der Waals surface area contributed by atoms with Crippen molar-refractivity contribution in [1.82, 2.24) is 0 Å². The number of rotatable bonds is 1. The molecule has 0 spiro atoms. The van der Waals surface area contributed by atoms with Gasteiger partial charge in [0.15, 0.2) is 6.20 Å². The van der Waals surface area contributed by atoms with E-state index in [-0.39, 0.29) is 11.2 Å². The Morgan fingerprint density at radius 3 is 2.25 bits per heavy atom. The molecule has 0 aliphatic rings. The van der Waals surface area contributed by atoms with Crippen LogP contribution in [0.3, 0.4) is 0 Å². The number of aromatic nitrogens is 1. The molecule has 1 aromatic carbocycles. The molecule has 0 atom stereocenters. The Labute approximate surface area is 121 Å². The average Bonchev–Trinajstić information content (AvgIpc) is 2.28. The Hall–Kier alpha value is -1.70. The normalized spacial score (nSPS) is 11.8. The lowest BCUT2D eigenvalue weighted by atomic mass is 9.84. The summed E-state index contributed by atoms with van der Waals surface area (Å²) in [7, 11) is 2.03. The molecule has 0 aliphatic heterocycles. The van der Waals surface area contributed by atoms with Crippen molar-refractivity contribution in [2.75, 3.05) is 0 Å². The molecule has 0 unspecified atom stereocenters. The number of benzene rings is 1. The fourth-order valence-corrected chi connectivity index (χ4v) is 2.55. The second kappa shape index (κ2) is 5.01. The SMILES string of the molecule is Cc1ccc(-c2cc(C(C)(C)C)c(F)cc2C)[n+](C)c1. The molecule has 0 radical (unpaired) electrons. The summed E-state index contributed by atoms with van der Waals surface area (Å²) in [4.78, 5) is 0. The predicted molar refractivity (Wildman–Crippen MR) is 81.2 cm³/mol. The minimum Gasteiger partial charge on any atom is -0.207 e. The zero-order valence-corrected chi connectivity index (χ0v) is 13.2. The highest BCUT2D eigenvalue weighted by Crippen LogP contribution is 2.31. The van der Waals surface area contributed by atoms with Crippen LogP contribution in [0.25, 0.3) is 11.3 Å². The van der Waals surface area contributed by atoms with Gasteiger partial charge in [0.05, 0.1) is 0 Å². The van der Waals surface area contributed by atoms with Crippen molar-refractivity contribution in [3.63, 3.8) is 0 Å². The van der Waals surface area contributed by atoms with E-state index in [0.717, 1.165) is 22.4 Å². The highest BCUT2D eigenvalue weighted by Gasteiger charge is 2.22. The first kappa shape index (κ1) is 14.7. The lowest BCUT2D eigenvalue weighted by Gasteiger charge is -2.21. The van der Waals surface area contributed by atoms with Crippen molar-refractivity contribution in [2.24, 2.45) is 7.05 Å². The Kier molecular flexibility index (Phi) is 3.68. The van der Waals surface area contributed by atoms with Gasteiger partial charge in [0.1, 0.15) is 12.9 Å². The largest absolute Gasteiger partial charge is 0.212 e. The zero-order valence-electron chi connectivity index (χ0n) is 13.2. The quantitative estimate of drug-likeness (QED) is 0.684. The molecule has 2 aromatic rings. The highest BCUT2D eigenvalue weighted by atomic mass is 19.1. The molecular formula is C18H23FN+. The maximum atomic E-state index is 14.2. The van der Waals surface area contributed by atoms with Gasteiger partial charge < -0.3 is 0 Å². The molecule has 2 rings (SSSR count). The summed E-state index contributed by atoms with van der Waals surface area (Å²) in [5.74, 6) is -0.117. The van der Waals surface area contributed by atoms with Gasteiger partial charge in [0, 0.05) is 17.2 Å². The van der Waals surface area contributed by atoms with Crippen LogP contribution in [-0.2, 0) is 12.5 Å². The van der Waals surface area contributed by atoms with Gasteiger partial charge in [0.2, 0.25) is 5.69 Å². The molecule has 0 aliphatic carbocycles. The molecule has 0 saturated heterocycles. The van der Waals surface area contributed by atoms with Crippen LogP contribution in [0.4, 0.5) is 4.39 Å². The average molecular weight is 272 g/mol. The van der Waals surface area contributed by atoms with Crippen molar-refractivity contribution >= 4 is 0 Å². The van der Waals surface area contributed by atoms with Crippen LogP contribution in [-0.4, -0.2) is 0 Å². The summed E-state index contributed by atoms with van der Waals surface area (Å²) in [6.07, 6.45) is 2.09. The van der Waals surface area contributed by atoms with E-state index in [1.807, 2.05) is 40.8 Å². The Bertz CT molecular complexity index is 651. The van der Waals surface area contributed by atoms with Gasteiger partial charge in [-0.15, -0.1) is 0 Å². The van der Waals surface area contributed by atoms with E-state index in [1.165, 1.54) is 5.56 Å². The first-order valence-electron chi connectivity index (χ1n) is 6.97. The third-order valence-electron chi connectivity index (χ3n) is 3.68. The van der Waals surface area contributed by atoms with E-state index in [4.69, 9.17) is 0 Å². The molecule has 1 aromatic heterocycles. The Morgan fingerprint density at radius 1 is 1.05 bits per heavy atom. The second-order valence-corrected chi connectivity index (χ2v) is 6.60. The summed E-state index contributed by atoms with van der Waals surface area (Å²) < 4.78 is 16.3. The third-order valence-corrected chi connectivity index (χ3v) is 3.68. The third kappa shape index (κ3) is 2.74. The van der Waals surface area contributed by atoms with Crippen molar-refractivity contribution in [3.8, 4) is 11.3 Å². The monoisotopic (exact) mass is 272 g/mol. The van der Waals surface area contributed by atoms with Gasteiger partial charge in [-0.05, 0) is 48.6 Å². The van der Waals surface area contributed by atoms with Gasteiger partial charge in [-0.25, -0.2) is 8.96 Å². The van der Waals surface area contributed by atoms with Gasteiger partial charge in [-0.1, -0.05) is 20.8 Å². The summed E-state index contributed by atoms with van der Waals surface area (Å²) in [5.41, 5.74) is 4.95. The summed E-state index contributed by atoms with van der Waals surface area (Å²) in [6.45, 7) is 10.2. The Morgan fingerprint density at radius 2 is 1.70 bits per heavy atom. The van der Waals surface area contributed by atoms with E-state index in [9.17, 15) is 4.39 Å². The van der Waals surface area contributed by atoms with Crippen molar-refractivity contribution in [3.05, 3.63) is 53.0 Å². The molecular weight excluding hydrogens is 249 g/mol. The van der Waals surface area contributed by atoms with E-state index < -0.39 is 0 Å². The number of nitrogens with zero attached hydrogens (tertiary/aromatic N) is 1. The van der Waals surface area contributed by atoms with E-state index in [0.29, 0.717) is 0 Å². The fourth-order valence-electron chi connectivity index (χ4n) is 2.55. The minimum absolute atomic E-state index is 0.117. The number of aryl methyl sites for hydroxylation is 3. The number of pyridine rings is 1. The Balaban J connectivity index is 2.68. The molecule has 20 heavy (non-hydrogen) atoms. The first-order chi connectivity index (χ1) is 9.20. The smallest absolute Gasteiger partial charge is 0.207 e. The van der Waals surface area contributed by atoms with Crippen LogP contribution in [0.1, 0.15) is 37.5 Å². The van der Waals surface area contributed by atoms with Crippen molar-refractivity contribution in [2.45, 2.75) is 40.0 Å². The number of halogens is 1. The molecule has 2 heteroatoms. The molecule has 0 saturated carbocycles. The molecule has 0 N–H and O–H groups in total. The van der Waals surface area contributed by atoms with E-state index in [1.54, 1.807) is 6.07 Å². The zero-order chi connectivity index (χ0) is 15.1. The molecule has 1 heterocycles. The molecule has 0 fully saturated rings. The van der Waals surface area contributed by atoms with Crippen molar-refractivity contribution in [1.29, 1.82) is 0 Å². The lowest BCUT2D eigenvalue weighted by Crippen LogP contribution is -2.31. The van der Waals surface area contributed by atoms with Gasteiger partial charge in [0.25, 0.3) is 0 Å². The topological polar surface area (TPSA) is 3.88 Å². The molecule has 0 bridgehead atoms. The standard InChI is InChI=1S/C18H23FN/c1-12-7-8-17(20(6)11-12)14-10-15(18(3,4)5)16(19)9-13(14)2/h7-11H,1-6H3/q+1. The first-order valence-corrected chi connectivity index (χ1v) is 6.97. The van der Waals surface area contributed by atoms with Gasteiger partial charge in [-0.3, -0.25) is 0 Å². The number of hydrogen-bond acceptors (Lipinski definition) is 0. The summed E-state index contributed by atoms with van der Waals surface area (Å²) >= 11 is 0. The van der Waals surface area contributed by atoms with Crippen LogP contribution < -0.4 is 4.57 Å². The summed E-state index contributed by atoms with van der Waals surface area (Å²) in [5, 5.41) is 0. The maximum Gasteiger partial charge on any atom is 0.212 e. The highest BCUT2D eigenvalue weighted by molar-refractivity contribution is 5.63. The maximum absolute atomic E-state index is 14.2. The van der Waals surface area contributed by atoms with Crippen LogP contribution in [0, 0.1) is 19.7 Å². The van der Waals surface area contributed by atoms with Crippen LogP contribution in [0.2, 0.25) is 0 Å². The molecule has 106 valence electrons. The van der Waals surface area contributed by atoms with Gasteiger partial charge in [-0.2, -0.15) is 0 Å². The van der Waals surface area contributed by atoms with Crippen LogP contribution in [0.15, 0.2) is 30.5 Å². The molecule has 0 amide bonds. The number of hydrogen-bond donors (Lipinski definition) is 0. The second-order valence-electron chi connectivity index (χ2n) is 6.60. The van der Waals surface area contributed by atoms with Gasteiger partial charge >= 0.3 is 0 Å². The van der Waals surface area contributed by atoms with E-state index in [2.05, 4.69) is 29.8 Å². The van der Waals surface area contributed by atoms with E-state index >= 15 is 0 Å². The lowest BCUT2D eigenvalue weighted by molar-refractivity contribution is -0.660. The van der Waals surface area contributed by atoms with Crippen molar-refractivity contribution < 1.29 is 8.96 Å². The fraction of sp³-hybridized carbons (Fsp3) is 0.389. The predicted octanol–water partition coefficient (Wildman–Crippen LogP) is 4.23. The van der Waals surface area contributed by atoms with Crippen LogP contribution in [0.5, 0.6) is 0 Å².